The number of urea groups is 1. The second kappa shape index (κ2) is 11.2. The van der Waals surface area contributed by atoms with Gasteiger partial charge in [-0.15, -0.1) is 0 Å². The van der Waals surface area contributed by atoms with E-state index in [0.717, 1.165) is 5.56 Å². The summed E-state index contributed by atoms with van der Waals surface area (Å²) >= 11 is 5.92. The molecule has 2 fully saturated rings. The molecule has 0 unspecified atom stereocenters. The summed E-state index contributed by atoms with van der Waals surface area (Å²) in [6, 6.07) is 5.86. The molecular formula is C25H24ClF6N5O3. The molecule has 40 heavy (non-hydrogen) atoms. The summed E-state index contributed by atoms with van der Waals surface area (Å²) in [6.45, 7) is -0.902. The average Bonchev–Trinajstić information content (AvgIpc) is 2.88. The van der Waals surface area contributed by atoms with Gasteiger partial charge in [0.05, 0.1) is 17.7 Å². The zero-order valence-corrected chi connectivity index (χ0v) is 21.5. The molecule has 4 amide bonds. The Morgan fingerprint density at radius 3 is 2.12 bits per heavy atom. The van der Waals surface area contributed by atoms with E-state index in [1.165, 1.54) is 14.7 Å². The van der Waals surface area contributed by atoms with Crippen LogP contribution in [0.25, 0.3) is 0 Å². The van der Waals surface area contributed by atoms with E-state index in [1.54, 1.807) is 24.3 Å². The standard InChI is InChI=1S/C25H24ClF6N5O3/c26-18-3-1-14(2-4-18)12-35-13-20-36(6-5-21(38)37(20)19(10-33)22(35)39)23(40)34-11-15-7-16(24(27,28)29)9-17(8-15)25(30,31)32/h1-4,7-9,19-20H,5-6,10-13,33H2,(H,34,40)/t19-,20+/m0/s1. The Morgan fingerprint density at radius 1 is 0.975 bits per heavy atom. The molecule has 8 nitrogen and oxygen atoms in total. The van der Waals surface area contributed by atoms with Crippen LogP contribution in [0, 0.1) is 0 Å². The first-order valence-electron chi connectivity index (χ1n) is 12.1. The topological polar surface area (TPSA) is 99.0 Å². The minimum atomic E-state index is -5.03. The maximum atomic E-state index is 13.2. The molecule has 0 radical (unpaired) electrons. The third-order valence-corrected chi connectivity index (χ3v) is 6.97. The SMILES string of the molecule is NC[C@H]1C(=O)N(Cc2ccc(Cl)cc2)C[C@@H]2N(C(=O)NCc3cc(C(F)(F)F)cc(C(F)(F)F)c3)CCC(=O)N21. The maximum absolute atomic E-state index is 13.2. The first kappa shape index (κ1) is 29.5. The van der Waals surface area contributed by atoms with Crippen molar-refractivity contribution in [1.29, 1.82) is 0 Å². The van der Waals surface area contributed by atoms with Crippen molar-refractivity contribution in [3.63, 3.8) is 0 Å². The molecule has 15 heteroatoms. The van der Waals surface area contributed by atoms with E-state index in [0.29, 0.717) is 17.2 Å². The number of nitrogens with one attached hydrogen (secondary N) is 1. The molecule has 2 aromatic rings. The summed E-state index contributed by atoms with van der Waals surface area (Å²) < 4.78 is 79.3. The van der Waals surface area contributed by atoms with Crippen LogP contribution in [0.3, 0.4) is 0 Å². The van der Waals surface area contributed by atoms with Crippen LogP contribution in [0.15, 0.2) is 42.5 Å². The molecule has 2 saturated heterocycles. The van der Waals surface area contributed by atoms with Crippen LogP contribution in [0.1, 0.15) is 28.7 Å². The van der Waals surface area contributed by atoms with E-state index in [4.69, 9.17) is 17.3 Å². The van der Waals surface area contributed by atoms with Gasteiger partial charge in [0.1, 0.15) is 12.2 Å². The Kier molecular flexibility index (Phi) is 8.22. The fourth-order valence-electron chi connectivity index (χ4n) is 4.80. The number of hydrogen-bond donors (Lipinski definition) is 2. The minimum absolute atomic E-state index is 0.000710. The number of hydrogen-bond acceptors (Lipinski definition) is 4. The van der Waals surface area contributed by atoms with Crippen molar-refractivity contribution in [3.05, 3.63) is 69.7 Å². The molecule has 2 atom stereocenters. The van der Waals surface area contributed by atoms with E-state index in [1.807, 2.05) is 0 Å². The summed E-state index contributed by atoms with van der Waals surface area (Å²) in [5.41, 5.74) is 3.14. The lowest BCUT2D eigenvalue weighted by Crippen LogP contribution is -2.73. The van der Waals surface area contributed by atoms with Gasteiger partial charge in [-0.25, -0.2) is 4.79 Å². The molecule has 0 saturated carbocycles. The number of nitrogens with zero attached hydrogens (tertiary/aromatic N) is 3. The van der Waals surface area contributed by atoms with E-state index < -0.39 is 65.6 Å². The molecule has 0 spiro atoms. The van der Waals surface area contributed by atoms with E-state index in [2.05, 4.69) is 5.32 Å². The van der Waals surface area contributed by atoms with Crippen LogP contribution in [0.5, 0.6) is 0 Å². The van der Waals surface area contributed by atoms with Gasteiger partial charge in [0.2, 0.25) is 11.8 Å². The smallest absolute Gasteiger partial charge is 0.334 e. The molecule has 2 heterocycles. The van der Waals surface area contributed by atoms with Crippen molar-refractivity contribution in [2.45, 2.75) is 44.1 Å². The van der Waals surface area contributed by atoms with Gasteiger partial charge in [-0.1, -0.05) is 23.7 Å². The molecule has 2 aliphatic rings. The van der Waals surface area contributed by atoms with Gasteiger partial charge in [0.25, 0.3) is 0 Å². The number of benzene rings is 2. The summed E-state index contributed by atoms with van der Waals surface area (Å²) in [6.07, 6.45) is -11.2. The third kappa shape index (κ3) is 6.28. The largest absolute Gasteiger partial charge is 0.416 e. The summed E-state index contributed by atoms with van der Waals surface area (Å²) in [5.74, 6) is -0.829. The van der Waals surface area contributed by atoms with Gasteiger partial charge in [-0.3, -0.25) is 9.59 Å². The Hall–Kier alpha value is -3.52. The van der Waals surface area contributed by atoms with Crippen molar-refractivity contribution in [2.75, 3.05) is 19.6 Å². The predicted octanol–water partition coefficient (Wildman–Crippen LogP) is 3.82. The van der Waals surface area contributed by atoms with Crippen LogP contribution in [-0.4, -0.2) is 64.4 Å². The minimum Gasteiger partial charge on any atom is -0.334 e. The number of alkyl halides is 6. The van der Waals surface area contributed by atoms with E-state index in [9.17, 15) is 40.7 Å². The summed E-state index contributed by atoms with van der Waals surface area (Å²) in [7, 11) is 0. The lowest BCUT2D eigenvalue weighted by atomic mass is 10.0. The first-order chi connectivity index (χ1) is 18.7. The lowest BCUT2D eigenvalue weighted by molar-refractivity contribution is -0.166. The van der Waals surface area contributed by atoms with Crippen LogP contribution in [-0.2, 0) is 35.0 Å². The number of amides is 4. The normalized spacial score (nSPS) is 20.1. The van der Waals surface area contributed by atoms with Gasteiger partial charge >= 0.3 is 18.4 Å². The highest BCUT2D eigenvalue weighted by molar-refractivity contribution is 6.30. The average molecular weight is 592 g/mol. The predicted molar refractivity (Wildman–Crippen MR) is 130 cm³/mol. The van der Waals surface area contributed by atoms with Crippen LogP contribution < -0.4 is 11.1 Å². The molecule has 3 N–H and O–H groups in total. The molecule has 4 rings (SSSR count). The molecule has 0 aliphatic carbocycles. The number of fused-ring (bicyclic) bond motifs is 1. The lowest BCUT2D eigenvalue weighted by Gasteiger charge is -2.52. The fraction of sp³-hybridized carbons (Fsp3) is 0.400. The highest BCUT2D eigenvalue weighted by Crippen LogP contribution is 2.36. The van der Waals surface area contributed by atoms with Gasteiger partial charge in [-0.05, 0) is 41.5 Å². The summed E-state index contributed by atoms with van der Waals surface area (Å²) in [4.78, 5) is 43.0. The van der Waals surface area contributed by atoms with E-state index >= 15 is 0 Å². The summed E-state index contributed by atoms with van der Waals surface area (Å²) in [5, 5.41) is 2.84. The Balaban J connectivity index is 1.55. The van der Waals surface area contributed by atoms with Crippen molar-refractivity contribution < 1.29 is 40.7 Å². The van der Waals surface area contributed by atoms with Crippen molar-refractivity contribution in [2.24, 2.45) is 5.73 Å². The van der Waals surface area contributed by atoms with Crippen molar-refractivity contribution in [1.82, 2.24) is 20.0 Å². The number of halogens is 7. The third-order valence-electron chi connectivity index (χ3n) is 6.71. The zero-order valence-electron chi connectivity index (χ0n) is 20.7. The van der Waals surface area contributed by atoms with Crippen molar-refractivity contribution in [3.8, 4) is 0 Å². The van der Waals surface area contributed by atoms with Gasteiger partial charge in [0, 0.05) is 37.6 Å². The van der Waals surface area contributed by atoms with Gasteiger partial charge in [-0.2, -0.15) is 26.3 Å². The molecule has 2 aliphatic heterocycles. The second-order valence-electron chi connectivity index (χ2n) is 9.39. The number of carbonyl (C=O) groups excluding carboxylic acids is 3. The number of carbonyl (C=O) groups is 3. The van der Waals surface area contributed by atoms with Crippen molar-refractivity contribution >= 4 is 29.4 Å². The van der Waals surface area contributed by atoms with Crippen LogP contribution >= 0.6 is 11.6 Å². The monoisotopic (exact) mass is 591 g/mol. The quantitative estimate of drug-likeness (QED) is 0.517. The van der Waals surface area contributed by atoms with E-state index in [-0.39, 0.29) is 38.7 Å². The first-order valence-corrected chi connectivity index (χ1v) is 12.4. The maximum Gasteiger partial charge on any atom is 0.416 e. The second-order valence-corrected chi connectivity index (χ2v) is 9.83. The Morgan fingerprint density at radius 2 is 1.57 bits per heavy atom. The molecule has 216 valence electrons. The highest BCUT2D eigenvalue weighted by Gasteiger charge is 2.48. The van der Waals surface area contributed by atoms with Gasteiger partial charge in [0.15, 0.2) is 0 Å². The number of rotatable bonds is 5. The molecule has 2 aromatic carbocycles. The van der Waals surface area contributed by atoms with Crippen LogP contribution in [0.4, 0.5) is 31.1 Å². The fourth-order valence-corrected chi connectivity index (χ4v) is 4.93. The molecule has 0 aromatic heterocycles. The Labute approximate surface area is 229 Å². The Bertz CT molecular complexity index is 1250. The number of nitrogens with two attached hydrogens (primary N) is 1. The highest BCUT2D eigenvalue weighted by atomic mass is 35.5. The van der Waals surface area contributed by atoms with Crippen LogP contribution in [0.2, 0.25) is 5.02 Å². The van der Waals surface area contributed by atoms with Gasteiger partial charge < -0.3 is 25.8 Å². The molecule has 0 bridgehead atoms. The number of piperazine rings is 1. The molecular weight excluding hydrogens is 568 g/mol. The zero-order chi connectivity index (χ0) is 29.4.